The van der Waals surface area contributed by atoms with E-state index < -0.39 is 0 Å². The highest BCUT2D eigenvalue weighted by atomic mass is 13.9. The third-order valence-electron chi connectivity index (χ3n) is 2.62. The Labute approximate surface area is 96.5 Å². The average molecular weight is 208 g/mol. The molecule has 0 aliphatic carbocycles. The molecule has 0 amide bonds. The second-order valence-electron chi connectivity index (χ2n) is 4.17. The SMILES string of the molecule is C/C=C\CCCC/C=C\CCCCCC. The van der Waals surface area contributed by atoms with Gasteiger partial charge < -0.3 is 0 Å². The van der Waals surface area contributed by atoms with Crippen LogP contribution in [0.1, 0.15) is 71.6 Å². The largest absolute Gasteiger partial charge is 0.0917 e. The van der Waals surface area contributed by atoms with Gasteiger partial charge in [0.15, 0.2) is 0 Å². The van der Waals surface area contributed by atoms with Crippen molar-refractivity contribution in [3.63, 3.8) is 0 Å². The van der Waals surface area contributed by atoms with Crippen molar-refractivity contribution in [2.45, 2.75) is 71.6 Å². The first-order chi connectivity index (χ1) is 7.41. The monoisotopic (exact) mass is 208 g/mol. The maximum absolute atomic E-state index is 2.37. The lowest BCUT2D eigenvalue weighted by atomic mass is 10.1. The minimum Gasteiger partial charge on any atom is -0.0917 e. The zero-order valence-corrected chi connectivity index (χ0v) is 10.7. The van der Waals surface area contributed by atoms with Crippen LogP contribution >= 0.6 is 0 Å². The van der Waals surface area contributed by atoms with E-state index in [1.807, 2.05) is 0 Å². The Balaban J connectivity index is 3.03. The van der Waals surface area contributed by atoms with E-state index in [0.717, 1.165) is 0 Å². The molecule has 0 aromatic rings. The van der Waals surface area contributed by atoms with Crippen molar-refractivity contribution in [3.8, 4) is 0 Å². The third kappa shape index (κ3) is 13.5. The third-order valence-corrected chi connectivity index (χ3v) is 2.62. The summed E-state index contributed by atoms with van der Waals surface area (Å²) in [5, 5.41) is 0. The van der Waals surface area contributed by atoms with Gasteiger partial charge in [-0.15, -0.1) is 0 Å². The number of unbranched alkanes of at least 4 members (excludes halogenated alkanes) is 7. The van der Waals surface area contributed by atoms with Gasteiger partial charge in [0.2, 0.25) is 0 Å². The van der Waals surface area contributed by atoms with Crippen LogP contribution in [0.25, 0.3) is 0 Å². The first kappa shape index (κ1) is 14.5. The molecular formula is C15H28. The molecule has 0 nitrogen and oxygen atoms in total. The quantitative estimate of drug-likeness (QED) is 0.321. The smallest absolute Gasteiger partial charge is 0.0351 e. The minimum atomic E-state index is 1.25. The second kappa shape index (κ2) is 13.5. The van der Waals surface area contributed by atoms with Gasteiger partial charge in [-0.05, 0) is 45.4 Å². The molecule has 0 aliphatic heterocycles. The lowest BCUT2D eigenvalue weighted by Gasteiger charge is -1.95. The Morgan fingerprint density at radius 3 is 1.73 bits per heavy atom. The highest BCUT2D eigenvalue weighted by Gasteiger charge is 1.85. The second-order valence-corrected chi connectivity index (χ2v) is 4.17. The van der Waals surface area contributed by atoms with Crippen molar-refractivity contribution < 1.29 is 0 Å². The average Bonchev–Trinajstić information content (AvgIpc) is 2.26. The van der Waals surface area contributed by atoms with E-state index in [0.29, 0.717) is 0 Å². The molecule has 0 N–H and O–H groups in total. The molecule has 0 atom stereocenters. The van der Waals surface area contributed by atoms with E-state index in [2.05, 4.69) is 38.2 Å². The molecule has 0 spiro atoms. The van der Waals surface area contributed by atoms with Crippen molar-refractivity contribution in [1.29, 1.82) is 0 Å². The Morgan fingerprint density at radius 1 is 0.667 bits per heavy atom. The molecule has 0 bridgehead atoms. The highest BCUT2D eigenvalue weighted by molar-refractivity contribution is 4.82. The standard InChI is InChI=1S/C15H28/c1-3-5-7-9-11-13-15-14-12-10-8-6-4-2/h3,5,14-15H,4,6-13H2,1-2H3/b5-3-,15-14-. The summed E-state index contributed by atoms with van der Waals surface area (Å²) < 4.78 is 0. The van der Waals surface area contributed by atoms with Gasteiger partial charge in [0.1, 0.15) is 0 Å². The zero-order valence-electron chi connectivity index (χ0n) is 10.7. The molecule has 15 heavy (non-hydrogen) atoms. The Bertz CT molecular complexity index is 153. The molecule has 0 aliphatic rings. The minimum absolute atomic E-state index is 1.25. The van der Waals surface area contributed by atoms with E-state index in [-0.39, 0.29) is 0 Å². The molecule has 0 aromatic carbocycles. The summed E-state index contributed by atoms with van der Waals surface area (Å²) in [5.41, 5.74) is 0. The molecular weight excluding hydrogens is 180 g/mol. The van der Waals surface area contributed by atoms with Crippen molar-refractivity contribution >= 4 is 0 Å². The Kier molecular flexibility index (Phi) is 13.0. The molecule has 0 unspecified atom stereocenters. The van der Waals surface area contributed by atoms with Crippen LogP contribution in [0.3, 0.4) is 0 Å². The fourth-order valence-electron chi connectivity index (χ4n) is 1.62. The predicted molar refractivity (Wildman–Crippen MR) is 71.2 cm³/mol. The maximum atomic E-state index is 2.37. The normalized spacial score (nSPS) is 11.9. The van der Waals surface area contributed by atoms with Crippen molar-refractivity contribution in [3.05, 3.63) is 24.3 Å². The van der Waals surface area contributed by atoms with Crippen LogP contribution in [0.2, 0.25) is 0 Å². The van der Waals surface area contributed by atoms with Gasteiger partial charge in [-0.3, -0.25) is 0 Å². The summed E-state index contributed by atoms with van der Waals surface area (Å²) >= 11 is 0. The van der Waals surface area contributed by atoms with Crippen LogP contribution in [0.5, 0.6) is 0 Å². The molecule has 0 saturated carbocycles. The van der Waals surface area contributed by atoms with E-state index in [9.17, 15) is 0 Å². The summed E-state index contributed by atoms with van der Waals surface area (Å²) in [4.78, 5) is 0. The van der Waals surface area contributed by atoms with Crippen LogP contribution < -0.4 is 0 Å². The van der Waals surface area contributed by atoms with E-state index >= 15 is 0 Å². The highest BCUT2D eigenvalue weighted by Crippen LogP contribution is 2.05. The van der Waals surface area contributed by atoms with Crippen LogP contribution in [0.4, 0.5) is 0 Å². The molecule has 88 valence electrons. The molecule has 0 saturated heterocycles. The Morgan fingerprint density at radius 2 is 1.20 bits per heavy atom. The van der Waals surface area contributed by atoms with Gasteiger partial charge in [0.05, 0.1) is 0 Å². The fourth-order valence-corrected chi connectivity index (χ4v) is 1.62. The van der Waals surface area contributed by atoms with E-state index in [4.69, 9.17) is 0 Å². The predicted octanol–water partition coefficient (Wildman–Crippen LogP) is 5.65. The Hall–Kier alpha value is -0.520. The first-order valence-electron chi connectivity index (χ1n) is 6.68. The summed E-state index contributed by atoms with van der Waals surface area (Å²) in [5.74, 6) is 0. The molecule has 0 fully saturated rings. The van der Waals surface area contributed by atoms with Gasteiger partial charge in [-0.2, -0.15) is 0 Å². The zero-order chi connectivity index (χ0) is 11.2. The summed E-state index contributed by atoms with van der Waals surface area (Å²) in [6.07, 6.45) is 21.1. The van der Waals surface area contributed by atoms with Gasteiger partial charge in [0, 0.05) is 0 Å². The summed E-state index contributed by atoms with van der Waals surface area (Å²) in [7, 11) is 0. The summed E-state index contributed by atoms with van der Waals surface area (Å²) in [6, 6.07) is 0. The lowest BCUT2D eigenvalue weighted by Crippen LogP contribution is -1.75. The van der Waals surface area contributed by atoms with Crippen LogP contribution in [-0.4, -0.2) is 0 Å². The van der Waals surface area contributed by atoms with Crippen molar-refractivity contribution in [2.24, 2.45) is 0 Å². The molecule has 0 aromatic heterocycles. The molecule has 0 heteroatoms. The number of hydrogen-bond acceptors (Lipinski definition) is 0. The number of rotatable bonds is 10. The molecule has 0 radical (unpaired) electrons. The maximum Gasteiger partial charge on any atom is -0.0351 e. The van der Waals surface area contributed by atoms with Crippen molar-refractivity contribution in [1.82, 2.24) is 0 Å². The first-order valence-corrected chi connectivity index (χ1v) is 6.68. The van der Waals surface area contributed by atoms with Crippen molar-refractivity contribution in [2.75, 3.05) is 0 Å². The fraction of sp³-hybridized carbons (Fsp3) is 0.733. The van der Waals surface area contributed by atoms with Gasteiger partial charge in [-0.25, -0.2) is 0 Å². The van der Waals surface area contributed by atoms with Crippen LogP contribution in [0, 0.1) is 0 Å². The van der Waals surface area contributed by atoms with Gasteiger partial charge in [-0.1, -0.05) is 50.5 Å². The number of hydrogen-bond donors (Lipinski definition) is 0. The van der Waals surface area contributed by atoms with E-state index in [1.165, 1.54) is 57.8 Å². The van der Waals surface area contributed by atoms with Crippen LogP contribution in [-0.2, 0) is 0 Å². The van der Waals surface area contributed by atoms with Gasteiger partial charge in [0.25, 0.3) is 0 Å². The molecule has 0 heterocycles. The van der Waals surface area contributed by atoms with Crippen LogP contribution in [0.15, 0.2) is 24.3 Å². The topological polar surface area (TPSA) is 0 Å². The molecule has 0 rings (SSSR count). The number of allylic oxidation sites excluding steroid dienone is 4. The summed E-state index contributed by atoms with van der Waals surface area (Å²) in [6.45, 7) is 4.36. The lowest BCUT2D eigenvalue weighted by molar-refractivity contribution is 0.673. The van der Waals surface area contributed by atoms with E-state index in [1.54, 1.807) is 0 Å². The van der Waals surface area contributed by atoms with Gasteiger partial charge >= 0.3 is 0 Å².